The normalized spacial score (nSPS) is 19.3. The molecule has 0 bridgehead atoms. The molecule has 102 valence electrons. The average Bonchev–Trinajstić information content (AvgIpc) is 2.75. The van der Waals surface area contributed by atoms with Crippen molar-refractivity contribution in [2.45, 2.75) is 26.3 Å². The zero-order valence-electron chi connectivity index (χ0n) is 11.3. The molecule has 1 aromatic rings. The third kappa shape index (κ3) is 3.31. The minimum absolute atomic E-state index is 0.00532. The Labute approximate surface area is 108 Å². The third-order valence-electron chi connectivity index (χ3n) is 3.67. The number of imidazole rings is 1. The van der Waals surface area contributed by atoms with Gasteiger partial charge in [-0.3, -0.25) is 4.90 Å². The molecule has 0 radical (unpaired) electrons. The fourth-order valence-electron chi connectivity index (χ4n) is 2.60. The molecule has 2 rings (SSSR count). The molecule has 0 saturated carbocycles. The lowest BCUT2D eigenvalue weighted by molar-refractivity contribution is -0.0320. The molecule has 1 saturated heterocycles. The molecule has 1 aromatic heterocycles. The van der Waals surface area contributed by atoms with E-state index in [-0.39, 0.29) is 12.0 Å². The first kappa shape index (κ1) is 13.5. The molecule has 2 heterocycles. The van der Waals surface area contributed by atoms with E-state index in [9.17, 15) is 5.11 Å². The maximum absolute atomic E-state index is 9.65. The van der Waals surface area contributed by atoms with Gasteiger partial charge in [0.05, 0.1) is 13.2 Å². The Morgan fingerprint density at radius 3 is 2.78 bits per heavy atom. The second-order valence-corrected chi connectivity index (χ2v) is 5.46. The SMILES string of the molecule is Cc1cnc(CN(C)CC2(CO)CCOCC2)[nH]1. The van der Waals surface area contributed by atoms with Gasteiger partial charge < -0.3 is 14.8 Å². The van der Waals surface area contributed by atoms with Gasteiger partial charge in [-0.1, -0.05) is 0 Å². The molecular formula is C13H23N3O2. The Balaban J connectivity index is 1.90. The zero-order chi connectivity index (χ0) is 13.0. The van der Waals surface area contributed by atoms with Gasteiger partial charge in [0, 0.05) is 37.1 Å². The van der Waals surface area contributed by atoms with Gasteiger partial charge in [-0.2, -0.15) is 0 Å². The van der Waals surface area contributed by atoms with Crippen LogP contribution in [0.1, 0.15) is 24.4 Å². The van der Waals surface area contributed by atoms with Crippen molar-refractivity contribution in [2.24, 2.45) is 5.41 Å². The van der Waals surface area contributed by atoms with Crippen molar-refractivity contribution in [2.75, 3.05) is 33.4 Å². The second kappa shape index (κ2) is 5.82. The first-order chi connectivity index (χ1) is 8.63. The number of aliphatic hydroxyl groups is 1. The molecule has 0 spiro atoms. The molecule has 2 N–H and O–H groups in total. The number of nitrogens with one attached hydrogen (secondary N) is 1. The van der Waals surface area contributed by atoms with E-state index in [0.717, 1.165) is 50.7 Å². The standard InChI is InChI=1S/C13H23N3O2/c1-11-7-14-12(15-11)8-16(2)9-13(10-17)3-5-18-6-4-13/h7,17H,3-6,8-10H2,1-2H3,(H,14,15). The Hall–Kier alpha value is -0.910. The van der Waals surface area contributed by atoms with E-state index in [0.29, 0.717) is 0 Å². The highest BCUT2D eigenvalue weighted by atomic mass is 16.5. The summed E-state index contributed by atoms with van der Waals surface area (Å²) in [4.78, 5) is 9.77. The number of aliphatic hydroxyl groups excluding tert-OH is 1. The molecule has 0 atom stereocenters. The number of aromatic amines is 1. The van der Waals surface area contributed by atoms with Gasteiger partial charge in [0.25, 0.3) is 0 Å². The Kier molecular flexibility index (Phi) is 4.37. The molecule has 5 heteroatoms. The van der Waals surface area contributed by atoms with E-state index in [4.69, 9.17) is 4.74 Å². The van der Waals surface area contributed by atoms with E-state index < -0.39 is 0 Å². The molecule has 1 aliphatic rings. The Morgan fingerprint density at radius 1 is 1.50 bits per heavy atom. The van der Waals surface area contributed by atoms with Crippen molar-refractivity contribution in [3.05, 3.63) is 17.7 Å². The summed E-state index contributed by atoms with van der Waals surface area (Å²) in [6.45, 7) is 5.42. The Morgan fingerprint density at radius 2 is 2.22 bits per heavy atom. The summed E-state index contributed by atoms with van der Waals surface area (Å²) in [5, 5.41) is 9.65. The van der Waals surface area contributed by atoms with Gasteiger partial charge in [-0.15, -0.1) is 0 Å². The summed E-state index contributed by atoms with van der Waals surface area (Å²) in [6.07, 6.45) is 3.72. The largest absolute Gasteiger partial charge is 0.396 e. The van der Waals surface area contributed by atoms with Crippen LogP contribution in [-0.4, -0.2) is 53.4 Å². The summed E-state index contributed by atoms with van der Waals surface area (Å²) < 4.78 is 5.38. The van der Waals surface area contributed by atoms with Crippen molar-refractivity contribution >= 4 is 0 Å². The van der Waals surface area contributed by atoms with Crippen LogP contribution in [0.2, 0.25) is 0 Å². The van der Waals surface area contributed by atoms with Gasteiger partial charge in [0.15, 0.2) is 0 Å². The molecule has 0 aromatic carbocycles. The number of hydrogen-bond acceptors (Lipinski definition) is 4. The van der Waals surface area contributed by atoms with Gasteiger partial charge in [-0.05, 0) is 26.8 Å². The highest BCUT2D eigenvalue weighted by Gasteiger charge is 2.33. The lowest BCUT2D eigenvalue weighted by Crippen LogP contribution is -2.42. The zero-order valence-corrected chi connectivity index (χ0v) is 11.3. The van der Waals surface area contributed by atoms with Crippen molar-refractivity contribution in [3.8, 4) is 0 Å². The van der Waals surface area contributed by atoms with Crippen molar-refractivity contribution in [1.29, 1.82) is 0 Å². The van der Waals surface area contributed by atoms with Crippen molar-refractivity contribution in [1.82, 2.24) is 14.9 Å². The van der Waals surface area contributed by atoms with E-state index in [2.05, 4.69) is 21.9 Å². The van der Waals surface area contributed by atoms with E-state index >= 15 is 0 Å². The molecule has 1 aliphatic heterocycles. The minimum atomic E-state index is -0.00532. The summed E-state index contributed by atoms with van der Waals surface area (Å²) in [7, 11) is 2.07. The fourth-order valence-corrected chi connectivity index (χ4v) is 2.60. The number of ether oxygens (including phenoxy) is 1. The van der Waals surface area contributed by atoms with Gasteiger partial charge in [0.1, 0.15) is 5.82 Å². The van der Waals surface area contributed by atoms with Gasteiger partial charge in [-0.25, -0.2) is 4.98 Å². The summed E-state index contributed by atoms with van der Waals surface area (Å²) in [5.41, 5.74) is 1.08. The quantitative estimate of drug-likeness (QED) is 0.820. The number of aromatic nitrogens is 2. The van der Waals surface area contributed by atoms with Crippen LogP contribution in [0.25, 0.3) is 0 Å². The number of nitrogens with zero attached hydrogens (tertiary/aromatic N) is 2. The number of hydrogen-bond donors (Lipinski definition) is 2. The smallest absolute Gasteiger partial charge is 0.120 e. The topological polar surface area (TPSA) is 61.4 Å². The van der Waals surface area contributed by atoms with Crippen LogP contribution >= 0.6 is 0 Å². The van der Waals surface area contributed by atoms with Crippen LogP contribution < -0.4 is 0 Å². The maximum atomic E-state index is 9.65. The predicted molar refractivity (Wildman–Crippen MR) is 69.2 cm³/mol. The van der Waals surface area contributed by atoms with Crippen LogP contribution in [0.4, 0.5) is 0 Å². The maximum Gasteiger partial charge on any atom is 0.120 e. The number of H-pyrrole nitrogens is 1. The lowest BCUT2D eigenvalue weighted by Gasteiger charge is -2.38. The second-order valence-electron chi connectivity index (χ2n) is 5.46. The summed E-state index contributed by atoms with van der Waals surface area (Å²) >= 11 is 0. The van der Waals surface area contributed by atoms with E-state index in [1.54, 1.807) is 0 Å². The van der Waals surface area contributed by atoms with E-state index in [1.165, 1.54) is 0 Å². The first-order valence-electron chi connectivity index (χ1n) is 6.51. The highest BCUT2D eigenvalue weighted by molar-refractivity contribution is 4.98. The molecule has 5 nitrogen and oxygen atoms in total. The fraction of sp³-hybridized carbons (Fsp3) is 0.769. The summed E-state index contributed by atoms with van der Waals surface area (Å²) in [5.74, 6) is 0.982. The van der Waals surface area contributed by atoms with Gasteiger partial charge >= 0.3 is 0 Å². The van der Waals surface area contributed by atoms with Crippen LogP contribution in [0.15, 0.2) is 6.20 Å². The average molecular weight is 253 g/mol. The highest BCUT2D eigenvalue weighted by Crippen LogP contribution is 2.30. The van der Waals surface area contributed by atoms with Crippen LogP contribution in [-0.2, 0) is 11.3 Å². The molecule has 0 amide bonds. The lowest BCUT2D eigenvalue weighted by atomic mass is 9.80. The number of aryl methyl sites for hydroxylation is 1. The van der Waals surface area contributed by atoms with Crippen LogP contribution in [0.3, 0.4) is 0 Å². The van der Waals surface area contributed by atoms with Crippen molar-refractivity contribution in [3.63, 3.8) is 0 Å². The first-order valence-corrected chi connectivity index (χ1v) is 6.51. The van der Waals surface area contributed by atoms with Crippen LogP contribution in [0, 0.1) is 12.3 Å². The monoisotopic (exact) mass is 253 g/mol. The summed E-state index contributed by atoms with van der Waals surface area (Å²) in [6, 6.07) is 0. The molecule has 0 aliphatic carbocycles. The third-order valence-corrected chi connectivity index (χ3v) is 3.67. The molecule has 0 unspecified atom stereocenters. The number of rotatable bonds is 5. The Bertz CT molecular complexity index is 372. The predicted octanol–water partition coefficient (Wildman–Crippen LogP) is 0.939. The van der Waals surface area contributed by atoms with Crippen molar-refractivity contribution < 1.29 is 9.84 Å². The molecule has 1 fully saturated rings. The van der Waals surface area contributed by atoms with Crippen LogP contribution in [0.5, 0.6) is 0 Å². The van der Waals surface area contributed by atoms with E-state index in [1.807, 2.05) is 13.1 Å². The van der Waals surface area contributed by atoms with Gasteiger partial charge in [0.2, 0.25) is 0 Å². The molecule has 18 heavy (non-hydrogen) atoms. The minimum Gasteiger partial charge on any atom is -0.396 e. The molecular weight excluding hydrogens is 230 g/mol.